The first-order chi connectivity index (χ1) is 8.74. The summed E-state index contributed by atoms with van der Waals surface area (Å²) >= 11 is 0. The summed E-state index contributed by atoms with van der Waals surface area (Å²) in [6, 6.07) is 7.14. The van der Waals surface area contributed by atoms with Crippen LogP contribution < -0.4 is 5.32 Å². The molecule has 3 aromatic rings. The van der Waals surface area contributed by atoms with Gasteiger partial charge in [0.05, 0.1) is 17.9 Å². The van der Waals surface area contributed by atoms with Crippen molar-refractivity contribution in [3.05, 3.63) is 42.2 Å². The second-order valence-electron chi connectivity index (χ2n) is 3.97. The smallest absolute Gasteiger partial charge is 0.256 e. The van der Waals surface area contributed by atoms with Crippen molar-refractivity contribution in [2.24, 2.45) is 7.05 Å². The Kier molecular flexibility index (Phi) is 2.33. The van der Waals surface area contributed by atoms with Crippen LogP contribution in [-0.2, 0) is 7.05 Å². The molecule has 6 nitrogen and oxygen atoms in total. The summed E-state index contributed by atoms with van der Waals surface area (Å²) < 4.78 is 1.60. The third-order valence-electron chi connectivity index (χ3n) is 2.77. The van der Waals surface area contributed by atoms with Gasteiger partial charge in [-0.3, -0.25) is 14.6 Å². The number of anilines is 1. The lowest BCUT2D eigenvalue weighted by Gasteiger charge is -2.05. The first kappa shape index (κ1) is 10.5. The zero-order valence-electron chi connectivity index (χ0n) is 9.71. The minimum absolute atomic E-state index is 0.171. The predicted molar refractivity (Wildman–Crippen MR) is 67.3 cm³/mol. The number of nitrogens with zero attached hydrogens (tertiary/aromatic N) is 3. The van der Waals surface area contributed by atoms with E-state index >= 15 is 0 Å². The quantitative estimate of drug-likeness (QED) is 0.714. The van der Waals surface area contributed by atoms with Gasteiger partial charge >= 0.3 is 0 Å². The standard InChI is InChI=1S/C12H11N5O/c1-17-11(4-5-14-17)15-12(18)8-2-3-9-7-13-16-10(9)6-8/h2-7H,1H3,(H,13,16)(H,15,18). The average Bonchev–Trinajstić information content (AvgIpc) is 2.98. The van der Waals surface area contributed by atoms with Crippen LogP contribution in [0.4, 0.5) is 5.82 Å². The molecule has 0 spiro atoms. The second-order valence-corrected chi connectivity index (χ2v) is 3.97. The summed E-state index contributed by atoms with van der Waals surface area (Å²) in [5, 5.41) is 14.5. The van der Waals surface area contributed by atoms with Gasteiger partial charge in [0.1, 0.15) is 5.82 Å². The van der Waals surface area contributed by atoms with Gasteiger partial charge in [0, 0.05) is 24.1 Å². The Labute approximate surface area is 103 Å². The summed E-state index contributed by atoms with van der Waals surface area (Å²) in [6.07, 6.45) is 3.35. The van der Waals surface area contributed by atoms with Crippen molar-refractivity contribution in [1.29, 1.82) is 0 Å². The normalized spacial score (nSPS) is 10.7. The molecule has 1 aromatic carbocycles. The van der Waals surface area contributed by atoms with E-state index in [2.05, 4.69) is 20.6 Å². The van der Waals surface area contributed by atoms with Crippen LogP contribution in [0.5, 0.6) is 0 Å². The van der Waals surface area contributed by atoms with E-state index < -0.39 is 0 Å². The van der Waals surface area contributed by atoms with E-state index in [1.807, 2.05) is 6.07 Å². The maximum absolute atomic E-state index is 12.0. The molecule has 2 heterocycles. The van der Waals surface area contributed by atoms with Crippen molar-refractivity contribution in [3.63, 3.8) is 0 Å². The number of fused-ring (bicyclic) bond motifs is 1. The molecule has 1 amide bonds. The molecule has 90 valence electrons. The second kappa shape index (κ2) is 3.99. The highest BCUT2D eigenvalue weighted by atomic mass is 16.1. The molecule has 0 aliphatic carbocycles. The fraction of sp³-hybridized carbons (Fsp3) is 0.0833. The molecule has 0 atom stereocenters. The minimum atomic E-state index is -0.171. The fourth-order valence-electron chi connectivity index (χ4n) is 1.76. The Morgan fingerprint density at radius 1 is 1.39 bits per heavy atom. The summed E-state index contributed by atoms with van der Waals surface area (Å²) in [6.45, 7) is 0. The molecule has 2 N–H and O–H groups in total. The van der Waals surface area contributed by atoms with Gasteiger partial charge in [0.25, 0.3) is 5.91 Å². The van der Waals surface area contributed by atoms with Crippen LogP contribution in [0.3, 0.4) is 0 Å². The largest absolute Gasteiger partial charge is 0.307 e. The van der Waals surface area contributed by atoms with Crippen molar-refractivity contribution in [3.8, 4) is 0 Å². The van der Waals surface area contributed by atoms with Crippen LogP contribution in [0.15, 0.2) is 36.7 Å². The number of carbonyl (C=O) groups excluding carboxylic acids is 1. The number of hydrogen-bond donors (Lipinski definition) is 2. The third-order valence-corrected chi connectivity index (χ3v) is 2.77. The number of amides is 1. The molecule has 3 rings (SSSR count). The Morgan fingerprint density at radius 3 is 3.06 bits per heavy atom. The van der Waals surface area contributed by atoms with E-state index in [1.54, 1.807) is 42.3 Å². The number of benzene rings is 1. The topological polar surface area (TPSA) is 75.6 Å². The zero-order chi connectivity index (χ0) is 12.5. The van der Waals surface area contributed by atoms with Gasteiger partial charge in [-0.15, -0.1) is 0 Å². The monoisotopic (exact) mass is 241 g/mol. The lowest BCUT2D eigenvalue weighted by atomic mass is 10.1. The van der Waals surface area contributed by atoms with Crippen LogP contribution in [0.1, 0.15) is 10.4 Å². The van der Waals surface area contributed by atoms with Gasteiger partial charge in [0.15, 0.2) is 0 Å². The maximum atomic E-state index is 12.0. The molecule has 0 bridgehead atoms. The number of aryl methyl sites for hydroxylation is 1. The van der Waals surface area contributed by atoms with E-state index in [1.165, 1.54) is 0 Å². The highest BCUT2D eigenvalue weighted by Gasteiger charge is 2.09. The molecule has 2 aromatic heterocycles. The molecule has 0 unspecified atom stereocenters. The summed E-state index contributed by atoms with van der Waals surface area (Å²) in [5.41, 5.74) is 1.42. The van der Waals surface area contributed by atoms with Gasteiger partial charge in [-0.1, -0.05) is 6.07 Å². The molecule has 6 heteroatoms. The van der Waals surface area contributed by atoms with Crippen LogP contribution in [0.25, 0.3) is 10.9 Å². The first-order valence-electron chi connectivity index (χ1n) is 5.46. The summed E-state index contributed by atoms with van der Waals surface area (Å²) in [5.74, 6) is 0.486. The third kappa shape index (κ3) is 1.73. The summed E-state index contributed by atoms with van der Waals surface area (Å²) in [7, 11) is 1.77. The highest BCUT2D eigenvalue weighted by Crippen LogP contribution is 2.14. The number of hydrogen-bond acceptors (Lipinski definition) is 3. The lowest BCUT2D eigenvalue weighted by Crippen LogP contribution is -2.14. The van der Waals surface area contributed by atoms with Crippen molar-refractivity contribution in [1.82, 2.24) is 20.0 Å². The van der Waals surface area contributed by atoms with Gasteiger partial charge in [0.2, 0.25) is 0 Å². The number of carbonyl (C=O) groups is 1. The van der Waals surface area contributed by atoms with Crippen molar-refractivity contribution >= 4 is 22.6 Å². The molecular formula is C12H11N5O. The summed E-state index contributed by atoms with van der Waals surface area (Å²) in [4.78, 5) is 12.0. The Balaban J connectivity index is 1.89. The number of rotatable bonds is 2. The predicted octanol–water partition coefficient (Wildman–Crippen LogP) is 1.55. The molecule has 18 heavy (non-hydrogen) atoms. The Bertz CT molecular complexity index is 712. The Morgan fingerprint density at radius 2 is 2.28 bits per heavy atom. The average molecular weight is 241 g/mol. The van der Waals surface area contributed by atoms with Crippen LogP contribution >= 0.6 is 0 Å². The fourth-order valence-corrected chi connectivity index (χ4v) is 1.76. The number of aromatic nitrogens is 4. The Hall–Kier alpha value is -2.63. The number of aromatic amines is 1. The van der Waals surface area contributed by atoms with Crippen molar-refractivity contribution in [2.45, 2.75) is 0 Å². The first-order valence-corrected chi connectivity index (χ1v) is 5.46. The minimum Gasteiger partial charge on any atom is -0.307 e. The van der Waals surface area contributed by atoms with Crippen LogP contribution in [0.2, 0.25) is 0 Å². The molecule has 0 aliphatic heterocycles. The molecule has 0 aliphatic rings. The number of H-pyrrole nitrogens is 1. The highest BCUT2D eigenvalue weighted by molar-refractivity contribution is 6.05. The van der Waals surface area contributed by atoms with Crippen molar-refractivity contribution in [2.75, 3.05) is 5.32 Å². The van der Waals surface area contributed by atoms with Gasteiger partial charge in [-0.2, -0.15) is 10.2 Å². The number of nitrogens with one attached hydrogen (secondary N) is 2. The lowest BCUT2D eigenvalue weighted by molar-refractivity contribution is 0.102. The van der Waals surface area contributed by atoms with E-state index in [9.17, 15) is 4.79 Å². The van der Waals surface area contributed by atoms with Gasteiger partial charge < -0.3 is 5.32 Å². The molecular weight excluding hydrogens is 230 g/mol. The van der Waals surface area contributed by atoms with Crippen molar-refractivity contribution < 1.29 is 4.79 Å². The van der Waals surface area contributed by atoms with E-state index in [4.69, 9.17) is 0 Å². The van der Waals surface area contributed by atoms with E-state index in [0.717, 1.165) is 10.9 Å². The zero-order valence-corrected chi connectivity index (χ0v) is 9.71. The van der Waals surface area contributed by atoms with Gasteiger partial charge in [-0.05, 0) is 12.1 Å². The van der Waals surface area contributed by atoms with E-state index in [0.29, 0.717) is 11.4 Å². The van der Waals surface area contributed by atoms with Crippen LogP contribution in [0, 0.1) is 0 Å². The van der Waals surface area contributed by atoms with Gasteiger partial charge in [-0.25, -0.2) is 0 Å². The van der Waals surface area contributed by atoms with E-state index in [-0.39, 0.29) is 5.91 Å². The SMILES string of the molecule is Cn1nccc1NC(=O)c1ccc2cn[nH]c2c1. The van der Waals surface area contributed by atoms with Crippen LogP contribution in [-0.4, -0.2) is 25.9 Å². The molecule has 0 saturated heterocycles. The molecule has 0 saturated carbocycles. The maximum Gasteiger partial charge on any atom is 0.256 e. The molecule has 0 radical (unpaired) electrons. The molecule has 0 fully saturated rings.